The maximum atomic E-state index is 13.9. The molecule has 0 bridgehead atoms. The zero-order chi connectivity index (χ0) is 16.9. The molecule has 0 radical (unpaired) electrons. The molecular weight excluding hydrogens is 309 g/mol. The fraction of sp³-hybridized carbons (Fsp3) is 0.278. The molecule has 1 aliphatic rings. The van der Waals surface area contributed by atoms with Gasteiger partial charge in [-0.1, -0.05) is 18.2 Å². The normalized spacial score (nSPS) is 17.6. The predicted molar refractivity (Wildman–Crippen MR) is 87.9 cm³/mol. The number of hydrogen-bond acceptors (Lipinski definition) is 3. The van der Waals surface area contributed by atoms with Crippen LogP contribution in [-0.4, -0.2) is 29.4 Å². The Kier molecular flexibility index (Phi) is 4.84. The fourth-order valence-corrected chi connectivity index (χ4v) is 2.85. The van der Waals surface area contributed by atoms with Gasteiger partial charge in [-0.05, 0) is 36.6 Å². The van der Waals surface area contributed by atoms with Crippen LogP contribution in [0.3, 0.4) is 0 Å². The number of amides is 2. The van der Waals surface area contributed by atoms with Crippen molar-refractivity contribution >= 4 is 17.5 Å². The van der Waals surface area contributed by atoms with Crippen LogP contribution in [0.4, 0.5) is 10.1 Å². The summed E-state index contributed by atoms with van der Waals surface area (Å²) in [5.41, 5.74) is 1.04. The van der Waals surface area contributed by atoms with Crippen molar-refractivity contribution in [3.63, 3.8) is 0 Å². The van der Waals surface area contributed by atoms with Crippen molar-refractivity contribution < 1.29 is 14.0 Å². The number of pyridine rings is 1. The maximum absolute atomic E-state index is 13.9. The first kappa shape index (κ1) is 16.1. The molecule has 1 unspecified atom stereocenters. The molecule has 0 aliphatic carbocycles. The molecule has 1 saturated heterocycles. The van der Waals surface area contributed by atoms with Gasteiger partial charge in [-0.15, -0.1) is 0 Å². The molecule has 1 aromatic heterocycles. The van der Waals surface area contributed by atoms with Crippen LogP contribution in [0.1, 0.15) is 18.4 Å². The van der Waals surface area contributed by atoms with Gasteiger partial charge in [0.15, 0.2) is 0 Å². The van der Waals surface area contributed by atoms with E-state index in [1.165, 1.54) is 11.0 Å². The summed E-state index contributed by atoms with van der Waals surface area (Å²) < 4.78 is 13.9. The number of benzene rings is 1. The Morgan fingerprint density at radius 1 is 1.29 bits per heavy atom. The molecule has 1 aliphatic heterocycles. The zero-order valence-electron chi connectivity index (χ0n) is 13.1. The van der Waals surface area contributed by atoms with Gasteiger partial charge in [0.05, 0.1) is 12.1 Å². The van der Waals surface area contributed by atoms with Crippen molar-refractivity contribution in [3.05, 3.63) is 60.2 Å². The molecule has 1 aromatic carbocycles. The van der Waals surface area contributed by atoms with E-state index >= 15 is 0 Å². The van der Waals surface area contributed by atoms with Crippen molar-refractivity contribution in [2.24, 2.45) is 0 Å². The second-order valence-corrected chi connectivity index (χ2v) is 5.74. The molecule has 0 spiro atoms. The number of halogens is 1. The van der Waals surface area contributed by atoms with Crippen molar-refractivity contribution in [2.45, 2.75) is 25.3 Å². The van der Waals surface area contributed by atoms with E-state index in [0.717, 1.165) is 5.56 Å². The van der Waals surface area contributed by atoms with E-state index in [9.17, 15) is 14.0 Å². The molecule has 1 N–H and O–H groups in total. The summed E-state index contributed by atoms with van der Waals surface area (Å²) in [5, 5.41) is 2.76. The molecule has 6 heteroatoms. The predicted octanol–water partition coefficient (Wildman–Crippen LogP) is 2.08. The lowest BCUT2D eigenvalue weighted by Crippen LogP contribution is -2.53. The van der Waals surface area contributed by atoms with Gasteiger partial charge >= 0.3 is 0 Å². The fourth-order valence-electron chi connectivity index (χ4n) is 2.85. The summed E-state index contributed by atoms with van der Waals surface area (Å²) in [7, 11) is 0. The number of nitrogens with one attached hydrogen (secondary N) is 1. The third kappa shape index (κ3) is 3.59. The van der Waals surface area contributed by atoms with Crippen LogP contribution in [-0.2, 0) is 16.0 Å². The van der Waals surface area contributed by atoms with Crippen LogP contribution in [0.5, 0.6) is 0 Å². The van der Waals surface area contributed by atoms with Crippen LogP contribution in [0.2, 0.25) is 0 Å². The Hall–Kier alpha value is -2.76. The van der Waals surface area contributed by atoms with Crippen LogP contribution < -0.4 is 10.2 Å². The van der Waals surface area contributed by atoms with Gasteiger partial charge in [0, 0.05) is 18.9 Å². The lowest BCUT2D eigenvalue weighted by atomic mass is 10.0. The average molecular weight is 327 g/mol. The Morgan fingerprint density at radius 3 is 2.88 bits per heavy atom. The van der Waals surface area contributed by atoms with Crippen LogP contribution >= 0.6 is 0 Å². The van der Waals surface area contributed by atoms with Crippen molar-refractivity contribution in [1.29, 1.82) is 0 Å². The third-order valence-corrected chi connectivity index (χ3v) is 4.00. The summed E-state index contributed by atoms with van der Waals surface area (Å²) in [4.78, 5) is 30.1. The van der Waals surface area contributed by atoms with Gasteiger partial charge in [-0.2, -0.15) is 0 Å². The first-order valence-electron chi connectivity index (χ1n) is 7.89. The van der Waals surface area contributed by atoms with Crippen molar-refractivity contribution in [2.75, 3.05) is 11.4 Å². The standard InChI is InChI=1S/C18H18FN3O2/c19-14-6-1-2-8-16(14)22-10-4-7-15(18(22)24)21-17(23)11-13-5-3-9-20-12-13/h1-3,5-6,8-9,12,15H,4,7,10-11H2,(H,21,23). The maximum Gasteiger partial charge on any atom is 0.249 e. The summed E-state index contributed by atoms with van der Waals surface area (Å²) in [6.45, 7) is 0.453. The van der Waals surface area contributed by atoms with Gasteiger partial charge in [0.1, 0.15) is 11.9 Å². The topological polar surface area (TPSA) is 62.3 Å². The SMILES string of the molecule is O=C(Cc1cccnc1)NC1CCCN(c2ccccc2F)C1=O. The number of rotatable bonds is 4. The highest BCUT2D eigenvalue weighted by Crippen LogP contribution is 2.23. The molecule has 2 heterocycles. The number of para-hydroxylation sites is 1. The summed E-state index contributed by atoms with van der Waals surface area (Å²) in [5.74, 6) is -0.948. The van der Waals surface area contributed by atoms with E-state index in [2.05, 4.69) is 10.3 Å². The molecule has 124 valence electrons. The number of hydrogen-bond donors (Lipinski definition) is 1. The molecule has 3 rings (SSSR count). The molecule has 5 nitrogen and oxygen atoms in total. The van der Waals surface area contributed by atoms with Gasteiger partial charge < -0.3 is 10.2 Å². The van der Waals surface area contributed by atoms with E-state index in [1.54, 1.807) is 42.7 Å². The largest absolute Gasteiger partial charge is 0.344 e. The Labute approximate surface area is 139 Å². The monoisotopic (exact) mass is 327 g/mol. The summed E-state index contributed by atoms with van der Waals surface area (Å²) >= 11 is 0. The second-order valence-electron chi connectivity index (χ2n) is 5.74. The number of anilines is 1. The van der Waals surface area contributed by atoms with Gasteiger partial charge in [-0.25, -0.2) is 4.39 Å². The zero-order valence-corrected chi connectivity index (χ0v) is 13.1. The van der Waals surface area contributed by atoms with E-state index in [1.807, 2.05) is 0 Å². The highest BCUT2D eigenvalue weighted by Gasteiger charge is 2.31. The van der Waals surface area contributed by atoms with Crippen LogP contribution in [0, 0.1) is 5.82 Å². The van der Waals surface area contributed by atoms with Crippen molar-refractivity contribution in [1.82, 2.24) is 10.3 Å². The molecule has 24 heavy (non-hydrogen) atoms. The summed E-state index contributed by atoms with van der Waals surface area (Å²) in [6, 6.07) is 9.12. The first-order chi connectivity index (χ1) is 11.6. The summed E-state index contributed by atoms with van der Waals surface area (Å²) in [6.07, 6.45) is 4.68. The number of nitrogens with zero attached hydrogens (tertiary/aromatic N) is 2. The lowest BCUT2D eigenvalue weighted by molar-refractivity contribution is -0.128. The van der Waals surface area contributed by atoms with Gasteiger partial charge in [0.2, 0.25) is 11.8 Å². The smallest absolute Gasteiger partial charge is 0.249 e. The van der Waals surface area contributed by atoms with E-state index in [0.29, 0.717) is 19.4 Å². The van der Waals surface area contributed by atoms with Crippen LogP contribution in [0.15, 0.2) is 48.8 Å². The molecule has 1 atom stereocenters. The second kappa shape index (κ2) is 7.21. The van der Waals surface area contributed by atoms with E-state index in [-0.39, 0.29) is 23.9 Å². The minimum atomic E-state index is -0.623. The minimum Gasteiger partial charge on any atom is -0.344 e. The van der Waals surface area contributed by atoms with Crippen molar-refractivity contribution in [3.8, 4) is 0 Å². The Bertz CT molecular complexity index is 736. The van der Waals surface area contributed by atoms with Gasteiger partial charge in [0.25, 0.3) is 0 Å². The number of aromatic nitrogens is 1. The molecule has 0 saturated carbocycles. The van der Waals surface area contributed by atoms with E-state index in [4.69, 9.17) is 0 Å². The lowest BCUT2D eigenvalue weighted by Gasteiger charge is -2.32. The molecule has 2 aromatic rings. The van der Waals surface area contributed by atoms with E-state index < -0.39 is 11.9 Å². The van der Waals surface area contributed by atoms with Gasteiger partial charge in [-0.3, -0.25) is 14.6 Å². The highest BCUT2D eigenvalue weighted by atomic mass is 19.1. The molecule has 1 fully saturated rings. The Balaban J connectivity index is 1.67. The highest BCUT2D eigenvalue weighted by molar-refractivity contribution is 6.00. The quantitative estimate of drug-likeness (QED) is 0.935. The minimum absolute atomic E-state index is 0.164. The van der Waals surface area contributed by atoms with Crippen LogP contribution in [0.25, 0.3) is 0 Å². The number of piperidine rings is 1. The first-order valence-corrected chi connectivity index (χ1v) is 7.89. The number of carbonyl (C=O) groups is 2. The molecule has 2 amide bonds. The average Bonchev–Trinajstić information content (AvgIpc) is 2.58. The third-order valence-electron chi connectivity index (χ3n) is 4.00. The number of carbonyl (C=O) groups excluding carboxylic acids is 2. The molecular formula is C18H18FN3O2. The Morgan fingerprint density at radius 2 is 2.12 bits per heavy atom.